The molecule has 1 unspecified atom stereocenters. The van der Waals surface area contributed by atoms with Crippen molar-refractivity contribution in [1.29, 1.82) is 0 Å². The minimum Gasteiger partial charge on any atom is -0.423 e. The maximum atomic E-state index is 13.5. The lowest BCUT2D eigenvalue weighted by atomic mass is 9.49. The van der Waals surface area contributed by atoms with Gasteiger partial charge in [-0.15, -0.1) is 0 Å². The van der Waals surface area contributed by atoms with Gasteiger partial charge < -0.3 is 4.74 Å². The lowest BCUT2D eigenvalue weighted by Gasteiger charge is -2.55. The van der Waals surface area contributed by atoms with E-state index in [9.17, 15) is 26.4 Å². The van der Waals surface area contributed by atoms with Gasteiger partial charge in [0.05, 0.1) is 5.41 Å². The molecule has 0 aromatic rings. The van der Waals surface area contributed by atoms with Gasteiger partial charge in [-0.2, -0.15) is 21.6 Å². The van der Waals surface area contributed by atoms with E-state index in [4.69, 9.17) is 4.55 Å². The summed E-state index contributed by atoms with van der Waals surface area (Å²) in [7, 11) is -5.99. The van der Waals surface area contributed by atoms with Gasteiger partial charge in [0, 0.05) is 0 Å². The molecule has 4 aliphatic rings. The first-order valence-corrected chi connectivity index (χ1v) is 8.67. The molecular weight excluding hydrogens is 325 g/mol. The molecular formula is C13H17F3O5S. The number of carbonyl (C=O) groups is 1. The predicted octanol–water partition coefficient (Wildman–Crippen LogP) is 2.52. The van der Waals surface area contributed by atoms with Gasteiger partial charge in [0.2, 0.25) is 0 Å². The van der Waals surface area contributed by atoms with Crippen molar-refractivity contribution in [1.82, 2.24) is 0 Å². The Kier molecular flexibility index (Phi) is 3.52. The molecule has 4 aliphatic carbocycles. The zero-order valence-electron chi connectivity index (χ0n) is 11.7. The summed E-state index contributed by atoms with van der Waals surface area (Å²) in [4.78, 5) is 12.2. The number of ether oxygens (including phenoxy) is 1. The van der Waals surface area contributed by atoms with Crippen LogP contribution in [0.1, 0.15) is 38.5 Å². The van der Waals surface area contributed by atoms with E-state index in [0.717, 1.165) is 19.3 Å². The quantitative estimate of drug-likeness (QED) is 0.627. The Morgan fingerprint density at radius 3 is 1.91 bits per heavy atom. The van der Waals surface area contributed by atoms with Crippen LogP contribution >= 0.6 is 0 Å². The molecule has 0 saturated heterocycles. The van der Waals surface area contributed by atoms with Crippen LogP contribution in [0.25, 0.3) is 0 Å². The lowest BCUT2D eigenvalue weighted by Crippen LogP contribution is -2.52. The van der Waals surface area contributed by atoms with Gasteiger partial charge in [0.15, 0.2) is 0 Å². The van der Waals surface area contributed by atoms with E-state index in [0.29, 0.717) is 37.0 Å². The Morgan fingerprint density at radius 1 is 1.14 bits per heavy atom. The molecule has 5 nitrogen and oxygen atoms in total. The van der Waals surface area contributed by atoms with E-state index in [1.165, 1.54) is 0 Å². The molecule has 0 amide bonds. The molecule has 0 aromatic carbocycles. The molecule has 126 valence electrons. The summed E-state index contributed by atoms with van der Waals surface area (Å²) in [6.07, 6.45) is 0.696. The average Bonchev–Trinajstić information content (AvgIpc) is 2.35. The van der Waals surface area contributed by atoms with Crippen LogP contribution in [0.15, 0.2) is 0 Å². The zero-order valence-corrected chi connectivity index (χ0v) is 12.5. The fraction of sp³-hybridized carbons (Fsp3) is 0.923. The minimum absolute atomic E-state index is 0.318. The summed E-state index contributed by atoms with van der Waals surface area (Å²) in [6, 6.07) is 0. The van der Waals surface area contributed by atoms with Crippen LogP contribution in [0.5, 0.6) is 0 Å². The van der Waals surface area contributed by atoms with Crippen LogP contribution in [-0.2, 0) is 19.6 Å². The third-order valence-electron chi connectivity index (χ3n) is 5.29. The van der Waals surface area contributed by atoms with Crippen molar-refractivity contribution in [2.24, 2.45) is 23.2 Å². The van der Waals surface area contributed by atoms with Crippen LogP contribution < -0.4 is 0 Å². The number of halogens is 3. The van der Waals surface area contributed by atoms with Gasteiger partial charge in [0.1, 0.15) is 0 Å². The predicted molar refractivity (Wildman–Crippen MR) is 68.1 cm³/mol. The summed E-state index contributed by atoms with van der Waals surface area (Å²) < 4.78 is 73.3. The van der Waals surface area contributed by atoms with E-state index >= 15 is 0 Å². The highest BCUT2D eigenvalue weighted by molar-refractivity contribution is 7.86. The Morgan fingerprint density at radius 2 is 1.55 bits per heavy atom. The van der Waals surface area contributed by atoms with Crippen molar-refractivity contribution in [3.8, 4) is 0 Å². The molecule has 22 heavy (non-hydrogen) atoms. The molecule has 1 atom stereocenters. The van der Waals surface area contributed by atoms with E-state index in [2.05, 4.69) is 4.74 Å². The molecule has 4 rings (SSSR count). The van der Waals surface area contributed by atoms with Gasteiger partial charge in [-0.3, -0.25) is 9.35 Å². The number of esters is 1. The van der Waals surface area contributed by atoms with E-state index in [1.807, 2.05) is 0 Å². The molecule has 4 saturated carbocycles. The number of hydrogen-bond donors (Lipinski definition) is 1. The Labute approximate surface area is 126 Å². The minimum atomic E-state index is -5.99. The van der Waals surface area contributed by atoms with Crippen LogP contribution in [0.4, 0.5) is 13.2 Å². The van der Waals surface area contributed by atoms with Crippen molar-refractivity contribution >= 4 is 16.1 Å². The standard InChI is InChI=1S/C13H17F3O5S/c14-10(13(15,16)22(18,19)20)21-11(17)12-4-7-1-8(5-12)3-9(2-7)6-12/h7-10H,1-6H2,(H,18,19,20). The first-order valence-electron chi connectivity index (χ1n) is 7.23. The molecule has 0 aromatic heterocycles. The molecule has 0 aliphatic heterocycles. The molecule has 4 fully saturated rings. The normalized spacial score (nSPS) is 38.8. The van der Waals surface area contributed by atoms with Crippen molar-refractivity contribution in [2.45, 2.75) is 50.1 Å². The number of hydrogen-bond acceptors (Lipinski definition) is 4. The van der Waals surface area contributed by atoms with Crippen molar-refractivity contribution in [2.75, 3.05) is 0 Å². The topological polar surface area (TPSA) is 80.7 Å². The zero-order chi connectivity index (χ0) is 16.3. The molecule has 0 spiro atoms. The van der Waals surface area contributed by atoms with Crippen molar-refractivity contribution in [3.05, 3.63) is 0 Å². The number of carbonyl (C=O) groups excluding carboxylic acids is 1. The van der Waals surface area contributed by atoms with Gasteiger partial charge in [0.25, 0.3) is 0 Å². The molecule has 1 N–H and O–H groups in total. The highest BCUT2D eigenvalue weighted by atomic mass is 32.2. The maximum absolute atomic E-state index is 13.5. The number of alkyl halides is 3. The van der Waals surface area contributed by atoms with Crippen LogP contribution in [0.3, 0.4) is 0 Å². The van der Waals surface area contributed by atoms with Gasteiger partial charge >= 0.3 is 27.7 Å². The van der Waals surface area contributed by atoms with Crippen LogP contribution in [0, 0.1) is 23.2 Å². The third kappa shape index (κ3) is 2.42. The van der Waals surface area contributed by atoms with E-state index < -0.39 is 33.1 Å². The fourth-order valence-corrected chi connectivity index (χ4v) is 5.05. The second-order valence-electron chi connectivity index (χ2n) is 6.96. The summed E-state index contributed by atoms with van der Waals surface area (Å²) in [5.74, 6) is -0.153. The lowest BCUT2D eigenvalue weighted by molar-refractivity contribution is -0.205. The SMILES string of the molecule is O=C(OC(F)C(F)(F)S(=O)(=O)O)C12CC3CC(CC(C3)C1)C2. The monoisotopic (exact) mass is 342 g/mol. The molecule has 4 bridgehead atoms. The summed E-state index contributed by atoms with van der Waals surface area (Å²) in [6.45, 7) is 0. The molecule has 0 heterocycles. The highest BCUT2D eigenvalue weighted by Gasteiger charge is 2.59. The smallest absolute Gasteiger partial charge is 0.423 e. The van der Waals surface area contributed by atoms with Gasteiger partial charge in [-0.05, 0) is 56.3 Å². The second-order valence-corrected chi connectivity index (χ2v) is 8.45. The average molecular weight is 342 g/mol. The summed E-state index contributed by atoms with van der Waals surface area (Å²) in [5, 5.41) is -5.16. The number of rotatable bonds is 4. The Bertz CT molecular complexity index is 553. The van der Waals surface area contributed by atoms with E-state index in [-0.39, 0.29) is 0 Å². The van der Waals surface area contributed by atoms with E-state index in [1.54, 1.807) is 0 Å². The molecule has 0 radical (unpaired) electrons. The first-order chi connectivity index (χ1) is 10.0. The largest absolute Gasteiger partial charge is 0.435 e. The van der Waals surface area contributed by atoms with Gasteiger partial charge in [-0.25, -0.2) is 0 Å². The van der Waals surface area contributed by atoms with Crippen LogP contribution in [-0.4, -0.2) is 30.6 Å². The van der Waals surface area contributed by atoms with Crippen LogP contribution in [0.2, 0.25) is 0 Å². The second kappa shape index (κ2) is 4.83. The summed E-state index contributed by atoms with van der Waals surface area (Å²) >= 11 is 0. The fourth-order valence-electron chi connectivity index (χ4n) is 4.77. The highest BCUT2D eigenvalue weighted by Crippen LogP contribution is 2.60. The Hall–Kier alpha value is -0.830. The van der Waals surface area contributed by atoms with Crippen molar-refractivity contribution in [3.63, 3.8) is 0 Å². The first kappa shape index (κ1) is 16.0. The Balaban J connectivity index is 1.75. The molecule has 9 heteroatoms. The maximum Gasteiger partial charge on any atom is 0.435 e. The summed E-state index contributed by atoms with van der Waals surface area (Å²) in [5.41, 5.74) is -0.978. The van der Waals surface area contributed by atoms with Gasteiger partial charge in [-0.1, -0.05) is 0 Å². The van der Waals surface area contributed by atoms with Crippen molar-refractivity contribution < 1.29 is 35.7 Å². The third-order valence-corrected chi connectivity index (χ3v) is 6.16.